The molecule has 7 nitrogen and oxygen atoms in total. The van der Waals surface area contributed by atoms with Gasteiger partial charge in [-0.15, -0.1) is 0 Å². The van der Waals surface area contributed by atoms with Crippen LogP contribution in [-0.4, -0.2) is 50.7 Å². The summed E-state index contributed by atoms with van der Waals surface area (Å²) in [5, 5.41) is 0. The van der Waals surface area contributed by atoms with Crippen LogP contribution in [0.3, 0.4) is 0 Å². The van der Waals surface area contributed by atoms with E-state index >= 15 is 0 Å². The van der Waals surface area contributed by atoms with Crippen molar-refractivity contribution in [1.29, 1.82) is 0 Å². The third-order valence-corrected chi connectivity index (χ3v) is 4.74. The van der Waals surface area contributed by atoms with Crippen LogP contribution in [0.25, 0.3) is 5.82 Å². The van der Waals surface area contributed by atoms with E-state index < -0.39 is 0 Å². The minimum Gasteiger partial charge on any atom is -0.353 e. The van der Waals surface area contributed by atoms with Gasteiger partial charge >= 0.3 is 0 Å². The molecule has 0 aromatic carbocycles. The van der Waals surface area contributed by atoms with Gasteiger partial charge in [0.15, 0.2) is 11.6 Å². The smallest absolute Gasteiger partial charge is 0.187 e. The van der Waals surface area contributed by atoms with E-state index in [-0.39, 0.29) is 11.7 Å². The minimum absolute atomic E-state index is 0.0307. The summed E-state index contributed by atoms with van der Waals surface area (Å²) in [6.07, 6.45) is 6.79. The van der Waals surface area contributed by atoms with Crippen LogP contribution in [0.2, 0.25) is 0 Å². The number of nitrogens with zero attached hydrogens (tertiary/aromatic N) is 7. The van der Waals surface area contributed by atoms with E-state index in [0.717, 1.165) is 24.7 Å². The number of hydrogen-bond donors (Lipinski definition) is 0. The first-order valence-electron chi connectivity index (χ1n) is 9.09. The molecule has 0 spiro atoms. The minimum atomic E-state index is -0.304. The highest BCUT2D eigenvalue weighted by Gasteiger charge is 2.24. The molecule has 0 N–H and O–H groups in total. The van der Waals surface area contributed by atoms with Gasteiger partial charge in [-0.2, -0.15) is 0 Å². The molecule has 3 aromatic rings. The molecule has 3 aromatic heterocycles. The first-order chi connectivity index (χ1) is 13.1. The molecule has 0 atom stereocenters. The van der Waals surface area contributed by atoms with E-state index in [4.69, 9.17) is 4.98 Å². The van der Waals surface area contributed by atoms with Crippen molar-refractivity contribution in [3.63, 3.8) is 0 Å². The highest BCUT2D eigenvalue weighted by atomic mass is 19.1. The van der Waals surface area contributed by atoms with Gasteiger partial charge in [-0.3, -0.25) is 4.57 Å². The molecular weight excluding hydrogens is 345 g/mol. The molecule has 1 saturated heterocycles. The van der Waals surface area contributed by atoms with E-state index in [1.165, 1.54) is 6.33 Å². The van der Waals surface area contributed by atoms with Crippen LogP contribution in [0.5, 0.6) is 0 Å². The van der Waals surface area contributed by atoms with E-state index in [1.54, 1.807) is 12.5 Å². The van der Waals surface area contributed by atoms with Crippen LogP contribution in [0.1, 0.15) is 25.5 Å². The molecule has 1 fully saturated rings. The van der Waals surface area contributed by atoms with E-state index in [2.05, 4.69) is 19.9 Å². The molecule has 140 valence electrons. The van der Waals surface area contributed by atoms with E-state index in [0.29, 0.717) is 24.6 Å². The molecule has 8 heteroatoms. The monoisotopic (exact) mass is 367 g/mol. The predicted octanol–water partition coefficient (Wildman–Crippen LogP) is 2.65. The van der Waals surface area contributed by atoms with Gasteiger partial charge in [0, 0.05) is 38.6 Å². The van der Waals surface area contributed by atoms with Crippen molar-refractivity contribution < 1.29 is 4.39 Å². The highest BCUT2D eigenvalue weighted by molar-refractivity contribution is 5.47. The predicted molar refractivity (Wildman–Crippen MR) is 102 cm³/mol. The van der Waals surface area contributed by atoms with Crippen LogP contribution in [0, 0.1) is 5.82 Å². The second-order valence-corrected chi connectivity index (χ2v) is 6.85. The lowest BCUT2D eigenvalue weighted by Crippen LogP contribution is -2.47. The molecule has 0 aliphatic carbocycles. The third kappa shape index (κ3) is 3.47. The Kier molecular flexibility index (Phi) is 4.70. The zero-order valence-electron chi connectivity index (χ0n) is 15.5. The summed E-state index contributed by atoms with van der Waals surface area (Å²) >= 11 is 0. The fourth-order valence-corrected chi connectivity index (χ4v) is 3.27. The first kappa shape index (κ1) is 17.4. The molecule has 27 heavy (non-hydrogen) atoms. The van der Waals surface area contributed by atoms with Crippen LogP contribution in [0.15, 0.2) is 43.2 Å². The fraction of sp³-hybridized carbons (Fsp3) is 0.368. The van der Waals surface area contributed by atoms with Crippen molar-refractivity contribution in [2.24, 2.45) is 0 Å². The van der Waals surface area contributed by atoms with Gasteiger partial charge in [0.2, 0.25) is 0 Å². The Morgan fingerprint density at radius 3 is 2.44 bits per heavy atom. The summed E-state index contributed by atoms with van der Waals surface area (Å²) in [6, 6.07) is 5.94. The van der Waals surface area contributed by atoms with Gasteiger partial charge in [0.1, 0.15) is 24.3 Å². The molecule has 1 aliphatic rings. The number of imidazole rings is 1. The van der Waals surface area contributed by atoms with Crippen LogP contribution in [0.4, 0.5) is 16.0 Å². The number of rotatable bonds is 4. The first-order valence-corrected chi connectivity index (χ1v) is 9.09. The maximum atomic E-state index is 14.7. The number of piperazine rings is 1. The average molecular weight is 367 g/mol. The Balaban J connectivity index is 1.49. The van der Waals surface area contributed by atoms with Gasteiger partial charge in [0.25, 0.3) is 0 Å². The third-order valence-electron chi connectivity index (χ3n) is 4.74. The van der Waals surface area contributed by atoms with Crippen molar-refractivity contribution in [2.45, 2.75) is 19.8 Å². The summed E-state index contributed by atoms with van der Waals surface area (Å²) in [7, 11) is 0. The van der Waals surface area contributed by atoms with Crippen LogP contribution in [-0.2, 0) is 0 Å². The lowest BCUT2D eigenvalue weighted by atomic mass is 10.1. The molecule has 0 saturated carbocycles. The van der Waals surface area contributed by atoms with Crippen molar-refractivity contribution in [1.82, 2.24) is 24.5 Å². The zero-order chi connectivity index (χ0) is 18.8. The topological polar surface area (TPSA) is 63.0 Å². The summed E-state index contributed by atoms with van der Waals surface area (Å²) in [6.45, 7) is 6.74. The number of anilines is 2. The Morgan fingerprint density at radius 2 is 1.74 bits per heavy atom. The fourth-order valence-electron chi connectivity index (χ4n) is 3.27. The van der Waals surface area contributed by atoms with E-state index in [9.17, 15) is 4.39 Å². The number of aromatic nitrogens is 5. The van der Waals surface area contributed by atoms with Crippen molar-refractivity contribution in [2.75, 3.05) is 36.0 Å². The van der Waals surface area contributed by atoms with Gasteiger partial charge in [-0.25, -0.2) is 24.3 Å². The van der Waals surface area contributed by atoms with Crippen molar-refractivity contribution in [3.05, 3.63) is 54.8 Å². The van der Waals surface area contributed by atoms with Crippen LogP contribution < -0.4 is 9.80 Å². The van der Waals surface area contributed by atoms with Crippen LogP contribution >= 0.6 is 0 Å². The Morgan fingerprint density at radius 1 is 1.00 bits per heavy atom. The summed E-state index contributed by atoms with van der Waals surface area (Å²) in [5.41, 5.74) is 0.470. The number of hydrogen-bond acceptors (Lipinski definition) is 6. The molecule has 0 radical (unpaired) electrons. The quantitative estimate of drug-likeness (QED) is 0.706. The van der Waals surface area contributed by atoms with Crippen molar-refractivity contribution in [3.8, 4) is 5.82 Å². The molecule has 0 bridgehead atoms. The second kappa shape index (κ2) is 7.30. The molecule has 4 rings (SSSR count). The van der Waals surface area contributed by atoms with Gasteiger partial charge in [0.05, 0.1) is 5.69 Å². The highest BCUT2D eigenvalue weighted by Crippen LogP contribution is 2.25. The molecule has 1 aliphatic heterocycles. The molecule has 0 unspecified atom stereocenters. The van der Waals surface area contributed by atoms with Gasteiger partial charge < -0.3 is 9.80 Å². The summed E-state index contributed by atoms with van der Waals surface area (Å²) in [5.74, 6) is 1.86. The number of pyridine rings is 1. The molecular formula is C19H22FN7. The maximum absolute atomic E-state index is 14.7. The lowest BCUT2D eigenvalue weighted by molar-refractivity contribution is 0.556. The molecule has 0 amide bonds. The maximum Gasteiger partial charge on any atom is 0.187 e. The molecule has 4 heterocycles. The largest absolute Gasteiger partial charge is 0.353 e. The Labute approximate surface area is 157 Å². The second-order valence-electron chi connectivity index (χ2n) is 6.85. The Hall–Kier alpha value is -3.03. The number of halogens is 1. The zero-order valence-corrected chi connectivity index (χ0v) is 15.5. The lowest BCUT2D eigenvalue weighted by Gasteiger charge is -2.36. The summed E-state index contributed by atoms with van der Waals surface area (Å²) in [4.78, 5) is 21.3. The summed E-state index contributed by atoms with van der Waals surface area (Å²) < 4.78 is 16.6. The standard InChI is InChI=1S/C19H22FN7/c1-14(2)18-17(20)19(23-12-22-18)26-10-8-25(9-11-26)15-4-3-5-16(24-15)27-7-6-21-13-27/h3-7,12-14H,8-11H2,1-2H3. The van der Waals surface area contributed by atoms with E-state index in [1.807, 2.05) is 47.7 Å². The van der Waals surface area contributed by atoms with Gasteiger partial charge in [-0.1, -0.05) is 19.9 Å². The SMILES string of the molecule is CC(C)c1ncnc(N2CCN(c3cccc(-n4ccnc4)n3)CC2)c1F. The Bertz CT molecular complexity index is 902. The van der Waals surface area contributed by atoms with Crippen molar-refractivity contribution >= 4 is 11.6 Å². The van der Waals surface area contributed by atoms with Gasteiger partial charge in [-0.05, 0) is 18.1 Å². The average Bonchev–Trinajstić information content (AvgIpc) is 3.23. The normalized spacial score (nSPS) is 14.8.